The smallest absolute Gasteiger partial charge is 0.254 e. The van der Waals surface area contributed by atoms with Crippen LogP contribution in [-0.4, -0.2) is 93.7 Å². The average Bonchev–Trinajstić information content (AvgIpc) is 3.65. The van der Waals surface area contributed by atoms with Crippen LogP contribution in [0.3, 0.4) is 0 Å². The number of amides is 2. The van der Waals surface area contributed by atoms with Gasteiger partial charge in [0.25, 0.3) is 5.91 Å². The number of benzene rings is 1. The lowest BCUT2D eigenvalue weighted by Crippen LogP contribution is -2.62. The summed E-state index contributed by atoms with van der Waals surface area (Å²) in [7, 11) is 0. The molecule has 238 valence electrons. The second-order valence-corrected chi connectivity index (χ2v) is 15.6. The number of carbonyl (C=O) groups is 2. The zero-order valence-electron chi connectivity index (χ0n) is 26.5. The van der Waals surface area contributed by atoms with Crippen molar-refractivity contribution in [3.05, 3.63) is 35.4 Å². The molecule has 4 saturated carbocycles. The Morgan fingerprint density at radius 3 is 2.34 bits per heavy atom. The van der Waals surface area contributed by atoms with Gasteiger partial charge in [-0.25, -0.2) is 0 Å². The van der Waals surface area contributed by atoms with Crippen molar-refractivity contribution in [3.63, 3.8) is 0 Å². The minimum absolute atomic E-state index is 0.0412. The molecule has 7 rings (SSSR count). The summed E-state index contributed by atoms with van der Waals surface area (Å²) in [6, 6.07) is 8.43. The van der Waals surface area contributed by atoms with Gasteiger partial charge in [-0.05, 0) is 123 Å². The number of carbonyl (C=O) groups excluding carboxylic acids is 2. The number of aliphatic hydroxyl groups is 2. The molecule has 2 saturated heterocycles. The third-order valence-corrected chi connectivity index (χ3v) is 13.8. The Labute approximate surface area is 262 Å². The van der Waals surface area contributed by atoms with Gasteiger partial charge < -0.3 is 20.0 Å². The zero-order chi connectivity index (χ0) is 30.8. The van der Waals surface area contributed by atoms with E-state index in [1.54, 1.807) is 29.2 Å². The highest BCUT2D eigenvalue weighted by Gasteiger charge is 2.61. The molecule has 2 N–H and O–H groups in total. The van der Waals surface area contributed by atoms with Crippen LogP contribution < -0.4 is 0 Å². The van der Waals surface area contributed by atoms with E-state index in [1.165, 1.54) is 25.7 Å². The lowest BCUT2D eigenvalue weighted by atomic mass is 9.44. The van der Waals surface area contributed by atoms with Crippen molar-refractivity contribution in [2.24, 2.45) is 34.5 Å². The molecule has 44 heavy (non-hydrogen) atoms. The van der Waals surface area contributed by atoms with E-state index < -0.39 is 6.04 Å². The summed E-state index contributed by atoms with van der Waals surface area (Å²) >= 11 is 0. The fourth-order valence-corrected chi connectivity index (χ4v) is 11.2. The fourth-order valence-electron chi connectivity index (χ4n) is 11.2. The van der Waals surface area contributed by atoms with Crippen LogP contribution in [0.2, 0.25) is 0 Å². The number of likely N-dealkylation sites (tertiary alicyclic amines) is 1. The highest BCUT2D eigenvalue weighted by Crippen LogP contribution is 2.66. The van der Waals surface area contributed by atoms with Gasteiger partial charge >= 0.3 is 0 Å². The summed E-state index contributed by atoms with van der Waals surface area (Å²) in [5.74, 6) is 2.46. The molecule has 2 aliphatic heterocycles. The normalized spacial score (nSPS) is 42.2. The van der Waals surface area contributed by atoms with Crippen LogP contribution in [0.15, 0.2) is 24.3 Å². The van der Waals surface area contributed by atoms with Gasteiger partial charge in [0.05, 0.1) is 23.8 Å². The molecule has 0 bridgehead atoms. The molecule has 10 atom stereocenters. The zero-order valence-corrected chi connectivity index (χ0v) is 26.5. The summed E-state index contributed by atoms with van der Waals surface area (Å²) in [6.45, 7) is 8.22. The van der Waals surface area contributed by atoms with Crippen LogP contribution >= 0.6 is 0 Å². The van der Waals surface area contributed by atoms with E-state index in [2.05, 4.69) is 24.8 Å². The lowest BCUT2D eigenvalue weighted by Gasteiger charge is -2.62. The maximum Gasteiger partial charge on any atom is 0.254 e. The van der Waals surface area contributed by atoms with Gasteiger partial charge in [-0.15, -0.1) is 0 Å². The quantitative estimate of drug-likeness (QED) is 0.541. The van der Waals surface area contributed by atoms with Crippen LogP contribution in [0, 0.1) is 45.8 Å². The molecule has 2 amide bonds. The molecule has 6 aliphatic rings. The van der Waals surface area contributed by atoms with E-state index in [0.717, 1.165) is 45.2 Å². The van der Waals surface area contributed by atoms with Gasteiger partial charge in [0.2, 0.25) is 5.91 Å². The van der Waals surface area contributed by atoms with Crippen LogP contribution in [0.4, 0.5) is 0 Å². The van der Waals surface area contributed by atoms with Crippen molar-refractivity contribution in [2.75, 3.05) is 32.7 Å². The number of nitriles is 1. The first-order chi connectivity index (χ1) is 21.1. The topological polar surface area (TPSA) is 108 Å². The molecular formula is C36H50N4O4. The second kappa shape index (κ2) is 11.4. The predicted molar refractivity (Wildman–Crippen MR) is 166 cm³/mol. The van der Waals surface area contributed by atoms with E-state index in [9.17, 15) is 19.8 Å². The highest BCUT2D eigenvalue weighted by molar-refractivity contribution is 5.98. The number of aliphatic hydroxyl groups excluding tert-OH is 2. The number of hydrogen-bond donors (Lipinski definition) is 2. The molecule has 1 aromatic carbocycles. The van der Waals surface area contributed by atoms with Crippen LogP contribution in [0.25, 0.3) is 0 Å². The van der Waals surface area contributed by atoms with E-state index in [4.69, 9.17) is 5.26 Å². The Balaban J connectivity index is 0.995. The van der Waals surface area contributed by atoms with E-state index in [1.807, 2.05) is 4.90 Å². The van der Waals surface area contributed by atoms with Gasteiger partial charge in [-0.2, -0.15) is 5.26 Å². The third-order valence-electron chi connectivity index (χ3n) is 13.8. The number of nitrogens with zero attached hydrogens (tertiary/aromatic N) is 4. The van der Waals surface area contributed by atoms with Crippen molar-refractivity contribution in [2.45, 2.75) is 102 Å². The van der Waals surface area contributed by atoms with Gasteiger partial charge in [-0.1, -0.05) is 13.8 Å². The summed E-state index contributed by atoms with van der Waals surface area (Å²) in [5, 5.41) is 31.4. The van der Waals surface area contributed by atoms with Crippen molar-refractivity contribution >= 4 is 11.8 Å². The first-order valence-corrected chi connectivity index (χ1v) is 17.3. The van der Waals surface area contributed by atoms with Gasteiger partial charge in [0.1, 0.15) is 6.04 Å². The number of rotatable bonds is 3. The van der Waals surface area contributed by atoms with Crippen LogP contribution in [-0.2, 0) is 4.79 Å². The molecule has 0 radical (unpaired) electrons. The van der Waals surface area contributed by atoms with Crippen molar-refractivity contribution in [1.29, 1.82) is 5.26 Å². The largest absolute Gasteiger partial charge is 0.393 e. The lowest BCUT2D eigenvalue weighted by molar-refractivity contribution is -0.157. The Morgan fingerprint density at radius 2 is 1.61 bits per heavy atom. The summed E-state index contributed by atoms with van der Waals surface area (Å²) in [6.07, 6.45) is 9.82. The van der Waals surface area contributed by atoms with E-state index in [-0.39, 0.29) is 40.9 Å². The van der Waals surface area contributed by atoms with E-state index >= 15 is 0 Å². The monoisotopic (exact) mass is 602 g/mol. The summed E-state index contributed by atoms with van der Waals surface area (Å²) in [4.78, 5) is 33.2. The summed E-state index contributed by atoms with van der Waals surface area (Å²) in [5.41, 5.74) is 1.33. The predicted octanol–water partition coefficient (Wildman–Crippen LogP) is 4.05. The second-order valence-electron chi connectivity index (χ2n) is 15.6. The third kappa shape index (κ3) is 4.80. The minimum atomic E-state index is -0.435. The van der Waals surface area contributed by atoms with Crippen molar-refractivity contribution < 1.29 is 19.8 Å². The molecule has 4 aliphatic carbocycles. The highest BCUT2D eigenvalue weighted by atomic mass is 16.3. The molecule has 2 heterocycles. The van der Waals surface area contributed by atoms with Crippen LogP contribution in [0.5, 0.6) is 0 Å². The van der Waals surface area contributed by atoms with Crippen molar-refractivity contribution in [1.82, 2.24) is 14.7 Å². The molecular weight excluding hydrogens is 552 g/mol. The fraction of sp³-hybridized carbons (Fsp3) is 0.750. The summed E-state index contributed by atoms with van der Waals surface area (Å²) < 4.78 is 0. The molecule has 6 fully saturated rings. The van der Waals surface area contributed by atoms with E-state index in [0.29, 0.717) is 60.9 Å². The Kier molecular flexibility index (Phi) is 7.83. The Hall–Kier alpha value is -2.47. The molecule has 8 heteroatoms. The molecule has 0 aromatic heterocycles. The standard InChI is InChI=1S/C36H50N4O4/c1-35-14-13-28-26(27(35)11-12-32(35)42)10-9-25-20-31(41)30(21-36(25,28)2)38-16-18-39(19-17-38)34(44)29-4-3-15-40(29)33(43)24-7-5-23(22-37)6-8-24/h5-8,25-32,41-42H,3-4,9-21H2,1-2H3/t25?,26-,27-,28+,29-,30?,31?,32?,35-,36-/m0/s1. The first-order valence-electron chi connectivity index (χ1n) is 17.3. The number of piperazine rings is 1. The number of fused-ring (bicyclic) bond motifs is 5. The molecule has 8 nitrogen and oxygen atoms in total. The molecule has 1 aromatic rings. The maximum absolute atomic E-state index is 13.7. The molecule has 0 spiro atoms. The maximum atomic E-state index is 13.7. The Morgan fingerprint density at radius 1 is 0.886 bits per heavy atom. The van der Waals surface area contributed by atoms with Crippen LogP contribution in [0.1, 0.15) is 94.0 Å². The SMILES string of the molecule is C[C@]12CC(N3CCN(C(=O)[C@@H]4CCCN4C(=O)c4ccc(C#N)cc4)CC3)C(O)CC1CC[C@@H]1[C@H]2CC[C@]2(C)C(O)CC[C@@H]12. The first kappa shape index (κ1) is 30.2. The average molecular weight is 603 g/mol. The number of hydrogen-bond acceptors (Lipinski definition) is 6. The minimum Gasteiger partial charge on any atom is -0.393 e. The van der Waals surface area contributed by atoms with Gasteiger partial charge in [-0.3, -0.25) is 14.5 Å². The van der Waals surface area contributed by atoms with Gasteiger partial charge in [0, 0.05) is 44.3 Å². The van der Waals surface area contributed by atoms with Crippen molar-refractivity contribution in [3.8, 4) is 6.07 Å². The molecule has 4 unspecified atom stereocenters. The van der Waals surface area contributed by atoms with Gasteiger partial charge in [0.15, 0.2) is 0 Å². The Bertz CT molecular complexity index is 1300.